The zero-order chi connectivity index (χ0) is 28.3. The summed E-state index contributed by atoms with van der Waals surface area (Å²) in [6, 6.07) is 25.3. The molecule has 1 atom stereocenters. The maximum atomic E-state index is 12.5. The fourth-order valence-corrected chi connectivity index (χ4v) is 5.45. The molecule has 5 rings (SSSR count). The van der Waals surface area contributed by atoms with Crippen molar-refractivity contribution in [3.8, 4) is 22.5 Å². The van der Waals surface area contributed by atoms with E-state index in [1.54, 1.807) is 0 Å². The Kier molecular flexibility index (Phi) is 7.89. The molecular formula is C31H32N2O6S. The van der Waals surface area contributed by atoms with Crippen molar-refractivity contribution in [2.24, 2.45) is 0 Å². The number of sulfonamides is 1. The second kappa shape index (κ2) is 11.4. The first-order valence-electron chi connectivity index (χ1n) is 13.2. The molecular weight excluding hydrogens is 528 g/mol. The van der Waals surface area contributed by atoms with E-state index in [2.05, 4.69) is 9.88 Å². The maximum Gasteiger partial charge on any atom is 0.244 e. The summed E-state index contributed by atoms with van der Waals surface area (Å²) in [4.78, 5) is 12.5. The second-order valence-electron chi connectivity index (χ2n) is 10.3. The number of carbonyl (C=O) groups is 1. The van der Waals surface area contributed by atoms with Crippen LogP contribution in [0.3, 0.4) is 0 Å². The van der Waals surface area contributed by atoms with Gasteiger partial charge in [-0.3, -0.25) is 9.52 Å². The minimum absolute atomic E-state index is 0.331. The number of aromatic nitrogens is 1. The van der Waals surface area contributed by atoms with Crippen molar-refractivity contribution in [2.45, 2.75) is 44.3 Å². The van der Waals surface area contributed by atoms with E-state index in [0.29, 0.717) is 38.1 Å². The highest BCUT2D eigenvalue weighted by atomic mass is 32.2. The molecule has 1 aliphatic carbocycles. The molecule has 1 saturated carbocycles. The molecule has 0 spiro atoms. The first-order chi connectivity index (χ1) is 19.1. The molecule has 40 heavy (non-hydrogen) atoms. The van der Waals surface area contributed by atoms with Crippen molar-refractivity contribution >= 4 is 15.9 Å². The number of hydrogen-bond donors (Lipinski definition) is 2. The highest BCUT2D eigenvalue weighted by Gasteiger charge is 2.52. The molecule has 2 N–H and O–H groups in total. The first-order valence-corrected chi connectivity index (χ1v) is 15.1. The largest absolute Gasteiger partial charge is 0.368 e. The second-order valence-corrected chi connectivity index (χ2v) is 12.0. The third kappa shape index (κ3) is 6.33. The molecule has 1 amide bonds. The van der Waals surface area contributed by atoms with Gasteiger partial charge in [-0.2, -0.15) is 0 Å². The minimum atomic E-state index is -3.61. The van der Waals surface area contributed by atoms with E-state index in [1.807, 2.05) is 85.8 Å². The molecule has 1 aliphatic rings. The minimum Gasteiger partial charge on any atom is -0.368 e. The van der Waals surface area contributed by atoms with E-state index < -0.39 is 27.6 Å². The molecule has 1 aromatic heterocycles. The van der Waals surface area contributed by atoms with Crippen LogP contribution >= 0.6 is 0 Å². The number of aliphatic hydroxyl groups excluding tert-OH is 1. The molecule has 0 radical (unpaired) electrons. The van der Waals surface area contributed by atoms with E-state index in [9.17, 15) is 18.3 Å². The number of nitrogens with one attached hydrogen (secondary N) is 1. The normalized spacial score (nSPS) is 15.0. The standard InChI is InChI=1S/C31H32N2O6S/c1-21-27(16-19-38-28(34)20-22-6-4-3-5-7-22)29(39-32-21)25-10-8-23(9-11-25)24-12-14-26(15-13-24)31(17-18-31)30(35)33-40(2,36)37/h3-15,28,34H,16-20H2,1-2H3,(H,33,35). The summed E-state index contributed by atoms with van der Waals surface area (Å²) >= 11 is 0. The van der Waals surface area contributed by atoms with Crippen molar-refractivity contribution in [1.29, 1.82) is 0 Å². The van der Waals surface area contributed by atoms with Crippen LogP contribution < -0.4 is 4.72 Å². The van der Waals surface area contributed by atoms with Crippen LogP contribution in [0.1, 0.15) is 35.2 Å². The van der Waals surface area contributed by atoms with Gasteiger partial charge < -0.3 is 14.4 Å². The molecule has 208 valence electrons. The third-order valence-corrected chi connectivity index (χ3v) is 7.84. The van der Waals surface area contributed by atoms with Gasteiger partial charge in [0, 0.05) is 24.0 Å². The van der Waals surface area contributed by atoms with E-state index >= 15 is 0 Å². The van der Waals surface area contributed by atoms with Gasteiger partial charge in [-0.15, -0.1) is 0 Å². The Labute approximate surface area is 234 Å². The Balaban J connectivity index is 1.23. The number of rotatable bonds is 11. The van der Waals surface area contributed by atoms with E-state index in [4.69, 9.17) is 9.26 Å². The molecule has 8 nitrogen and oxygen atoms in total. The number of ether oxygens (including phenoxy) is 1. The number of nitrogens with zero attached hydrogens (tertiary/aromatic N) is 1. The van der Waals surface area contributed by atoms with Crippen molar-refractivity contribution in [2.75, 3.05) is 12.9 Å². The summed E-state index contributed by atoms with van der Waals surface area (Å²) in [5.41, 5.74) is 5.62. The predicted octanol–water partition coefficient (Wildman–Crippen LogP) is 4.54. The average Bonchev–Trinajstić information content (AvgIpc) is 3.67. The lowest BCUT2D eigenvalue weighted by molar-refractivity contribution is -0.121. The zero-order valence-electron chi connectivity index (χ0n) is 22.5. The van der Waals surface area contributed by atoms with Gasteiger partial charge in [-0.05, 0) is 42.0 Å². The monoisotopic (exact) mass is 560 g/mol. The quantitative estimate of drug-likeness (QED) is 0.259. The summed E-state index contributed by atoms with van der Waals surface area (Å²) < 4.78 is 36.5. The Bertz CT molecular complexity index is 1580. The highest BCUT2D eigenvalue weighted by molar-refractivity contribution is 7.89. The number of benzene rings is 3. The van der Waals surface area contributed by atoms with Crippen LogP contribution in [0.15, 0.2) is 83.4 Å². The van der Waals surface area contributed by atoms with E-state index in [0.717, 1.165) is 45.3 Å². The summed E-state index contributed by atoms with van der Waals surface area (Å²) in [5, 5.41) is 14.4. The summed E-state index contributed by atoms with van der Waals surface area (Å²) in [6.07, 6.45) is 2.32. The molecule has 1 fully saturated rings. The fraction of sp³-hybridized carbons (Fsp3) is 0.290. The lowest BCUT2D eigenvalue weighted by Crippen LogP contribution is -2.38. The van der Waals surface area contributed by atoms with Crippen LogP contribution in [0.2, 0.25) is 0 Å². The number of aryl methyl sites for hydroxylation is 1. The Morgan fingerprint density at radius 1 is 1.00 bits per heavy atom. The van der Waals surface area contributed by atoms with Crippen LogP contribution in [-0.4, -0.2) is 43.7 Å². The van der Waals surface area contributed by atoms with Crippen LogP contribution in [0.4, 0.5) is 0 Å². The Morgan fingerprint density at radius 2 is 1.60 bits per heavy atom. The van der Waals surface area contributed by atoms with Gasteiger partial charge >= 0.3 is 0 Å². The highest BCUT2D eigenvalue weighted by Crippen LogP contribution is 2.48. The van der Waals surface area contributed by atoms with Gasteiger partial charge in [0.25, 0.3) is 0 Å². The summed E-state index contributed by atoms with van der Waals surface area (Å²) in [5.74, 6) is 0.203. The number of carbonyl (C=O) groups excluding carboxylic acids is 1. The number of amides is 1. The molecule has 0 saturated heterocycles. The van der Waals surface area contributed by atoms with Crippen molar-refractivity contribution in [1.82, 2.24) is 9.88 Å². The van der Waals surface area contributed by atoms with Crippen molar-refractivity contribution < 1.29 is 27.6 Å². The number of hydrogen-bond acceptors (Lipinski definition) is 7. The maximum absolute atomic E-state index is 12.5. The zero-order valence-corrected chi connectivity index (χ0v) is 23.3. The molecule has 1 heterocycles. The summed E-state index contributed by atoms with van der Waals surface area (Å²) in [7, 11) is -3.61. The Morgan fingerprint density at radius 3 is 2.20 bits per heavy atom. The average molecular weight is 561 g/mol. The van der Waals surface area contributed by atoms with Gasteiger partial charge in [-0.25, -0.2) is 8.42 Å². The molecule has 3 aromatic carbocycles. The predicted molar refractivity (Wildman–Crippen MR) is 152 cm³/mol. The van der Waals surface area contributed by atoms with Crippen LogP contribution in [0.5, 0.6) is 0 Å². The fourth-order valence-electron chi connectivity index (χ4n) is 4.92. The number of aliphatic hydroxyl groups is 1. The van der Waals surface area contributed by atoms with Crippen LogP contribution in [0.25, 0.3) is 22.5 Å². The Hall–Kier alpha value is -3.79. The van der Waals surface area contributed by atoms with Crippen molar-refractivity contribution in [3.05, 3.63) is 101 Å². The van der Waals surface area contributed by atoms with Gasteiger partial charge in [0.2, 0.25) is 15.9 Å². The van der Waals surface area contributed by atoms with Gasteiger partial charge in [0.05, 0.1) is 24.0 Å². The topological polar surface area (TPSA) is 119 Å². The van der Waals surface area contributed by atoms with E-state index in [1.165, 1.54) is 0 Å². The lowest BCUT2D eigenvalue weighted by Gasteiger charge is -2.15. The molecule has 1 unspecified atom stereocenters. The first kappa shape index (κ1) is 27.8. The molecule has 9 heteroatoms. The molecule has 0 bridgehead atoms. The third-order valence-electron chi connectivity index (χ3n) is 7.28. The van der Waals surface area contributed by atoms with E-state index in [-0.39, 0.29) is 0 Å². The van der Waals surface area contributed by atoms with Gasteiger partial charge in [0.15, 0.2) is 12.1 Å². The van der Waals surface area contributed by atoms with Crippen molar-refractivity contribution in [3.63, 3.8) is 0 Å². The molecule has 4 aromatic rings. The lowest BCUT2D eigenvalue weighted by atomic mass is 9.93. The smallest absolute Gasteiger partial charge is 0.244 e. The molecule has 0 aliphatic heterocycles. The SMILES string of the molecule is Cc1noc(-c2ccc(-c3ccc(C4(C(=O)NS(C)(=O)=O)CC4)cc3)cc2)c1CCOC(O)Cc1ccccc1. The summed E-state index contributed by atoms with van der Waals surface area (Å²) in [6.45, 7) is 2.22. The van der Waals surface area contributed by atoms with Gasteiger partial charge in [-0.1, -0.05) is 84.0 Å². The van der Waals surface area contributed by atoms with Gasteiger partial charge in [0.1, 0.15) is 0 Å². The van der Waals surface area contributed by atoms with Crippen LogP contribution in [-0.2, 0) is 37.8 Å². The van der Waals surface area contributed by atoms with Crippen LogP contribution in [0, 0.1) is 6.92 Å².